The highest BCUT2D eigenvalue weighted by atomic mass is 16.5. The first-order valence-electron chi connectivity index (χ1n) is 7.68. The summed E-state index contributed by atoms with van der Waals surface area (Å²) in [4.78, 5) is 2.37. The molecule has 1 aromatic rings. The van der Waals surface area contributed by atoms with Gasteiger partial charge in [-0.1, -0.05) is 36.8 Å². The van der Waals surface area contributed by atoms with Crippen molar-refractivity contribution in [1.82, 2.24) is 4.90 Å². The van der Waals surface area contributed by atoms with Gasteiger partial charge in [0.05, 0.1) is 19.3 Å². The number of rotatable bonds is 10. The first kappa shape index (κ1) is 18.1. The van der Waals surface area contributed by atoms with E-state index in [1.54, 1.807) is 14.2 Å². The maximum absolute atomic E-state index is 6.41. The maximum atomic E-state index is 6.41. The monoisotopic (exact) mass is 294 g/mol. The summed E-state index contributed by atoms with van der Waals surface area (Å²) in [5, 5.41) is 0. The molecule has 0 saturated carbocycles. The third kappa shape index (κ3) is 5.75. The van der Waals surface area contributed by atoms with Gasteiger partial charge in [0.25, 0.3) is 0 Å². The molecule has 0 aliphatic carbocycles. The Morgan fingerprint density at radius 3 is 2.00 bits per heavy atom. The van der Waals surface area contributed by atoms with Gasteiger partial charge in [0, 0.05) is 33.4 Å². The lowest BCUT2D eigenvalue weighted by atomic mass is 9.95. The van der Waals surface area contributed by atoms with Crippen LogP contribution in [0.15, 0.2) is 24.3 Å². The lowest BCUT2D eigenvalue weighted by molar-refractivity contribution is 0.0775. The van der Waals surface area contributed by atoms with Crippen molar-refractivity contribution >= 4 is 0 Å². The third-order valence-corrected chi connectivity index (χ3v) is 3.85. The van der Waals surface area contributed by atoms with Crippen LogP contribution in [0, 0.1) is 6.92 Å². The summed E-state index contributed by atoms with van der Waals surface area (Å²) in [5.74, 6) is 0. The summed E-state index contributed by atoms with van der Waals surface area (Å²) in [6, 6.07) is 8.96. The average Bonchev–Trinajstić information content (AvgIpc) is 2.51. The minimum Gasteiger partial charge on any atom is -0.383 e. The third-order valence-electron chi connectivity index (χ3n) is 3.85. The number of nitrogens with zero attached hydrogens (tertiary/aromatic N) is 1. The van der Waals surface area contributed by atoms with E-state index in [2.05, 4.69) is 43.0 Å². The zero-order chi connectivity index (χ0) is 15.7. The molecule has 2 N–H and O–H groups in total. The van der Waals surface area contributed by atoms with Gasteiger partial charge < -0.3 is 15.2 Å². The summed E-state index contributed by atoms with van der Waals surface area (Å²) in [6.45, 7) is 7.34. The van der Waals surface area contributed by atoms with Crippen LogP contribution in [0.3, 0.4) is 0 Å². The van der Waals surface area contributed by atoms with Crippen molar-refractivity contribution in [3.05, 3.63) is 35.4 Å². The first-order valence-corrected chi connectivity index (χ1v) is 7.68. The van der Waals surface area contributed by atoms with Crippen LogP contribution in [-0.4, -0.2) is 51.5 Å². The molecular formula is C17H30N2O2. The van der Waals surface area contributed by atoms with Gasteiger partial charge in [0.1, 0.15) is 0 Å². The molecule has 0 aromatic heterocycles. The topological polar surface area (TPSA) is 47.7 Å². The van der Waals surface area contributed by atoms with Gasteiger partial charge >= 0.3 is 0 Å². The minimum atomic E-state index is 0.0985. The number of ether oxygens (including phenoxy) is 2. The summed E-state index contributed by atoms with van der Waals surface area (Å²) < 4.78 is 10.5. The van der Waals surface area contributed by atoms with Crippen molar-refractivity contribution in [3.8, 4) is 0 Å². The second-order valence-corrected chi connectivity index (χ2v) is 5.45. The fourth-order valence-corrected chi connectivity index (χ4v) is 2.52. The molecule has 1 rings (SSSR count). The van der Waals surface area contributed by atoms with E-state index in [1.165, 1.54) is 11.1 Å². The highest BCUT2D eigenvalue weighted by Crippen LogP contribution is 2.25. The zero-order valence-corrected chi connectivity index (χ0v) is 13.8. The van der Waals surface area contributed by atoms with Crippen molar-refractivity contribution in [1.29, 1.82) is 0 Å². The molecule has 0 spiro atoms. The molecule has 4 nitrogen and oxygen atoms in total. The van der Waals surface area contributed by atoms with Crippen molar-refractivity contribution < 1.29 is 9.47 Å². The number of nitrogens with two attached hydrogens (primary N) is 1. The van der Waals surface area contributed by atoms with Crippen LogP contribution in [-0.2, 0) is 9.47 Å². The predicted octanol–water partition coefficient (Wildman–Crippen LogP) is 2.37. The van der Waals surface area contributed by atoms with Gasteiger partial charge in [0.15, 0.2) is 0 Å². The lowest BCUT2D eigenvalue weighted by Gasteiger charge is -2.35. The van der Waals surface area contributed by atoms with Gasteiger partial charge in [-0.05, 0) is 18.9 Å². The lowest BCUT2D eigenvalue weighted by Crippen LogP contribution is -2.43. The average molecular weight is 294 g/mol. The molecule has 0 heterocycles. The molecule has 1 aromatic carbocycles. The number of hydrogen-bond donors (Lipinski definition) is 1. The van der Waals surface area contributed by atoms with E-state index in [9.17, 15) is 0 Å². The van der Waals surface area contributed by atoms with Crippen molar-refractivity contribution in [3.63, 3.8) is 0 Å². The van der Waals surface area contributed by atoms with E-state index in [4.69, 9.17) is 15.2 Å². The van der Waals surface area contributed by atoms with Crippen LogP contribution in [0.1, 0.15) is 30.5 Å². The van der Waals surface area contributed by atoms with Crippen LogP contribution < -0.4 is 5.73 Å². The SMILES string of the molecule is CCC(N)C(c1ccc(C)cc1)N(CCOC)CCOC. The van der Waals surface area contributed by atoms with E-state index in [-0.39, 0.29) is 12.1 Å². The van der Waals surface area contributed by atoms with Crippen molar-refractivity contribution in [2.45, 2.75) is 32.4 Å². The molecule has 0 bridgehead atoms. The molecule has 0 aliphatic heterocycles. The fraction of sp³-hybridized carbons (Fsp3) is 0.647. The molecule has 4 heteroatoms. The van der Waals surface area contributed by atoms with Crippen LogP contribution in [0.25, 0.3) is 0 Å². The fourth-order valence-electron chi connectivity index (χ4n) is 2.52. The Hall–Kier alpha value is -0.940. The van der Waals surface area contributed by atoms with E-state index in [0.29, 0.717) is 13.2 Å². The molecule has 0 aliphatic rings. The number of benzene rings is 1. The molecule has 2 unspecified atom stereocenters. The van der Waals surface area contributed by atoms with Crippen molar-refractivity contribution in [2.75, 3.05) is 40.5 Å². The van der Waals surface area contributed by atoms with E-state index in [1.807, 2.05) is 0 Å². The smallest absolute Gasteiger partial charge is 0.0589 e. The second-order valence-electron chi connectivity index (χ2n) is 5.45. The van der Waals surface area contributed by atoms with Crippen LogP contribution in [0.4, 0.5) is 0 Å². The summed E-state index contributed by atoms with van der Waals surface area (Å²) in [6.07, 6.45) is 0.939. The van der Waals surface area contributed by atoms with Gasteiger partial charge in [0.2, 0.25) is 0 Å². The Labute approximate surface area is 129 Å². The van der Waals surface area contributed by atoms with E-state index in [0.717, 1.165) is 19.5 Å². The molecular weight excluding hydrogens is 264 g/mol. The number of aryl methyl sites for hydroxylation is 1. The molecule has 0 radical (unpaired) electrons. The van der Waals surface area contributed by atoms with Gasteiger partial charge in [-0.2, -0.15) is 0 Å². The molecule has 2 atom stereocenters. The molecule has 21 heavy (non-hydrogen) atoms. The second kappa shape index (κ2) is 9.90. The van der Waals surface area contributed by atoms with E-state index < -0.39 is 0 Å². The summed E-state index contributed by atoms with van der Waals surface area (Å²) in [5.41, 5.74) is 8.94. The van der Waals surface area contributed by atoms with Gasteiger partial charge in [-0.3, -0.25) is 4.90 Å². The quantitative estimate of drug-likeness (QED) is 0.720. The van der Waals surface area contributed by atoms with Gasteiger partial charge in [-0.25, -0.2) is 0 Å². The molecule has 0 saturated heterocycles. The Bertz CT molecular complexity index is 373. The molecule has 120 valence electrons. The van der Waals surface area contributed by atoms with Gasteiger partial charge in [-0.15, -0.1) is 0 Å². The predicted molar refractivity (Wildman–Crippen MR) is 87.5 cm³/mol. The van der Waals surface area contributed by atoms with Crippen LogP contribution >= 0.6 is 0 Å². The number of methoxy groups -OCH3 is 2. The Balaban J connectivity index is 2.97. The van der Waals surface area contributed by atoms with Crippen molar-refractivity contribution in [2.24, 2.45) is 5.73 Å². The van der Waals surface area contributed by atoms with Crippen LogP contribution in [0.2, 0.25) is 0 Å². The van der Waals surface area contributed by atoms with Crippen LogP contribution in [0.5, 0.6) is 0 Å². The maximum Gasteiger partial charge on any atom is 0.0589 e. The standard InChI is InChI=1S/C17H30N2O2/c1-5-16(18)17(15-8-6-14(2)7-9-15)19(10-12-20-3)11-13-21-4/h6-9,16-17H,5,10-13,18H2,1-4H3. The largest absolute Gasteiger partial charge is 0.383 e. The zero-order valence-electron chi connectivity index (χ0n) is 13.8. The molecule has 0 fully saturated rings. The first-order chi connectivity index (χ1) is 10.1. The minimum absolute atomic E-state index is 0.0985. The van der Waals surface area contributed by atoms with E-state index >= 15 is 0 Å². The highest BCUT2D eigenvalue weighted by Gasteiger charge is 2.25. The normalized spacial score (nSPS) is 14.4. The highest BCUT2D eigenvalue weighted by molar-refractivity contribution is 5.25. The summed E-state index contributed by atoms with van der Waals surface area (Å²) >= 11 is 0. The Morgan fingerprint density at radius 1 is 1.05 bits per heavy atom. The molecule has 0 amide bonds. The Morgan fingerprint density at radius 2 is 1.57 bits per heavy atom. The Kier molecular flexibility index (Phi) is 8.54. The summed E-state index contributed by atoms with van der Waals surface area (Å²) in [7, 11) is 3.46. The number of hydrogen-bond acceptors (Lipinski definition) is 4.